The van der Waals surface area contributed by atoms with E-state index in [0.29, 0.717) is 26.3 Å². The van der Waals surface area contributed by atoms with E-state index in [2.05, 4.69) is 4.98 Å². The van der Waals surface area contributed by atoms with Crippen molar-refractivity contribution >= 4 is 34.0 Å². The molecule has 8 heteroatoms. The molecule has 27 heavy (non-hydrogen) atoms. The van der Waals surface area contributed by atoms with E-state index < -0.39 is 0 Å². The van der Waals surface area contributed by atoms with Gasteiger partial charge in [0.15, 0.2) is 16.5 Å². The van der Waals surface area contributed by atoms with Crippen molar-refractivity contribution in [2.45, 2.75) is 0 Å². The van der Waals surface area contributed by atoms with Crippen LogP contribution in [0.1, 0.15) is 5.56 Å². The molecule has 136 valence electrons. The van der Waals surface area contributed by atoms with E-state index >= 15 is 0 Å². The van der Waals surface area contributed by atoms with Gasteiger partial charge in [0, 0.05) is 11.8 Å². The molecule has 2 heterocycles. The number of methoxy groups -OCH3 is 1. The summed E-state index contributed by atoms with van der Waals surface area (Å²) in [6.45, 7) is 0. The molecule has 0 saturated carbocycles. The van der Waals surface area contributed by atoms with Gasteiger partial charge in [0.1, 0.15) is 5.82 Å². The second-order valence-electron chi connectivity index (χ2n) is 5.76. The number of benzene rings is 2. The maximum Gasteiger partial charge on any atom is 0.274 e. The molecule has 0 atom stereocenters. The number of thiazole rings is 1. The van der Waals surface area contributed by atoms with E-state index in [1.165, 1.54) is 35.0 Å². The number of rotatable bonds is 3. The minimum atomic E-state index is -0.363. The van der Waals surface area contributed by atoms with E-state index in [9.17, 15) is 14.3 Å². The maximum absolute atomic E-state index is 13.4. The number of halogens is 2. The minimum Gasteiger partial charge on any atom is -0.503 e. The minimum absolute atomic E-state index is 0.128. The molecular weight excluding hydrogens is 391 g/mol. The van der Waals surface area contributed by atoms with Crippen LogP contribution in [-0.2, 0) is 0 Å². The number of hydrogen-bond donors (Lipinski definition) is 1. The van der Waals surface area contributed by atoms with Crippen molar-refractivity contribution in [2.24, 2.45) is 0 Å². The first kappa shape index (κ1) is 17.5. The Balaban J connectivity index is 1.82. The van der Waals surface area contributed by atoms with Crippen LogP contribution in [-0.4, -0.2) is 21.6 Å². The number of aromatic hydroxyl groups is 1. The third-order valence-corrected chi connectivity index (χ3v) is 5.26. The molecule has 4 aromatic rings. The third kappa shape index (κ3) is 3.15. The van der Waals surface area contributed by atoms with Crippen molar-refractivity contribution in [1.29, 1.82) is 0 Å². The number of phenolic OH excluding ortho intramolecular Hbond substituents is 1. The smallest absolute Gasteiger partial charge is 0.274 e. The molecule has 0 spiro atoms. The summed E-state index contributed by atoms with van der Waals surface area (Å²) in [7, 11) is 1.42. The average molecular weight is 403 g/mol. The highest BCUT2D eigenvalue weighted by Crippen LogP contribution is 2.35. The molecule has 0 aliphatic heterocycles. The molecule has 0 radical (unpaired) electrons. The molecule has 0 fully saturated rings. The molecule has 0 saturated heterocycles. The average Bonchev–Trinajstić information content (AvgIpc) is 3.18. The number of imidazole rings is 1. The van der Waals surface area contributed by atoms with E-state index in [0.717, 1.165) is 0 Å². The number of fused-ring (bicyclic) bond motifs is 1. The van der Waals surface area contributed by atoms with Gasteiger partial charge in [0.2, 0.25) is 0 Å². The second kappa shape index (κ2) is 6.68. The summed E-state index contributed by atoms with van der Waals surface area (Å²) in [5.41, 5.74) is 1.50. The van der Waals surface area contributed by atoms with Gasteiger partial charge in [-0.15, -0.1) is 0 Å². The Hall–Kier alpha value is -2.90. The lowest BCUT2D eigenvalue weighted by Crippen LogP contribution is -2.22. The summed E-state index contributed by atoms with van der Waals surface area (Å²) in [5, 5.41) is 9.94. The second-order valence-corrected chi connectivity index (χ2v) is 7.17. The highest BCUT2D eigenvalue weighted by molar-refractivity contribution is 7.15. The molecular formula is C19H12ClFN2O3S. The van der Waals surface area contributed by atoms with Crippen molar-refractivity contribution in [3.8, 4) is 22.8 Å². The fourth-order valence-corrected chi connectivity index (χ4v) is 3.88. The highest BCUT2D eigenvalue weighted by atomic mass is 35.5. The molecule has 0 aliphatic rings. The molecule has 0 aliphatic carbocycles. The largest absolute Gasteiger partial charge is 0.503 e. The van der Waals surface area contributed by atoms with E-state index in [-0.39, 0.29) is 27.9 Å². The number of phenols is 1. The number of aromatic nitrogens is 2. The molecule has 4 rings (SSSR count). The van der Waals surface area contributed by atoms with Gasteiger partial charge in [0.05, 0.1) is 22.4 Å². The Morgan fingerprint density at radius 1 is 1.33 bits per heavy atom. The molecule has 0 amide bonds. The van der Waals surface area contributed by atoms with Gasteiger partial charge >= 0.3 is 0 Å². The van der Waals surface area contributed by atoms with Crippen LogP contribution in [0, 0.1) is 5.82 Å². The number of hydrogen-bond acceptors (Lipinski definition) is 5. The predicted octanol–water partition coefficient (Wildman–Crippen LogP) is 3.48. The van der Waals surface area contributed by atoms with Gasteiger partial charge < -0.3 is 9.84 Å². The lowest BCUT2D eigenvalue weighted by Gasteiger charge is -2.05. The summed E-state index contributed by atoms with van der Waals surface area (Å²) < 4.78 is 20.4. The fraction of sp³-hybridized carbons (Fsp3) is 0.0526. The molecule has 2 aromatic heterocycles. The number of nitrogens with zero attached hydrogens (tertiary/aromatic N) is 2. The highest BCUT2D eigenvalue weighted by Gasteiger charge is 2.12. The summed E-state index contributed by atoms with van der Waals surface area (Å²) in [6, 6.07) is 9.18. The van der Waals surface area contributed by atoms with Gasteiger partial charge in [-0.1, -0.05) is 35.1 Å². The van der Waals surface area contributed by atoms with Crippen molar-refractivity contribution in [3.63, 3.8) is 0 Å². The van der Waals surface area contributed by atoms with Crippen molar-refractivity contribution < 1.29 is 14.2 Å². The fourth-order valence-electron chi connectivity index (χ4n) is 2.70. The first-order valence-corrected chi connectivity index (χ1v) is 9.02. The summed E-state index contributed by atoms with van der Waals surface area (Å²) >= 11 is 7.20. The molecule has 1 N–H and O–H groups in total. The Labute approximate surface area is 161 Å². The quantitative estimate of drug-likeness (QED) is 0.570. The molecule has 5 nitrogen and oxygen atoms in total. The SMILES string of the molecule is COc1cc(/C=c2\sc3nc(-c4cccc(F)c4)cn3c2=O)cc(Cl)c1O. The predicted molar refractivity (Wildman–Crippen MR) is 103 cm³/mol. The van der Waals surface area contributed by atoms with Crippen LogP contribution in [0.25, 0.3) is 22.3 Å². The van der Waals surface area contributed by atoms with Gasteiger partial charge in [-0.2, -0.15) is 0 Å². The zero-order valence-electron chi connectivity index (χ0n) is 13.9. The van der Waals surface area contributed by atoms with E-state index in [1.807, 2.05) is 0 Å². The van der Waals surface area contributed by atoms with Crippen molar-refractivity contribution in [1.82, 2.24) is 9.38 Å². The Kier molecular flexibility index (Phi) is 4.33. The third-order valence-electron chi connectivity index (χ3n) is 3.99. The van der Waals surface area contributed by atoms with Crippen LogP contribution in [0.3, 0.4) is 0 Å². The summed E-state index contributed by atoms with van der Waals surface area (Å²) in [4.78, 5) is 17.6. The van der Waals surface area contributed by atoms with Crippen LogP contribution >= 0.6 is 22.9 Å². The van der Waals surface area contributed by atoms with Crippen LogP contribution in [0.4, 0.5) is 4.39 Å². The summed E-state index contributed by atoms with van der Waals surface area (Å²) in [5.74, 6) is -0.298. The van der Waals surface area contributed by atoms with Gasteiger partial charge in [0.25, 0.3) is 5.56 Å². The normalized spacial score (nSPS) is 12.0. The first-order valence-electron chi connectivity index (χ1n) is 7.82. The maximum atomic E-state index is 13.4. The van der Waals surface area contributed by atoms with E-state index in [4.69, 9.17) is 16.3 Å². The van der Waals surface area contributed by atoms with Crippen molar-refractivity contribution in [3.05, 3.63) is 73.9 Å². The van der Waals surface area contributed by atoms with Gasteiger partial charge in [-0.05, 0) is 35.9 Å². The number of ether oxygens (including phenoxy) is 1. The monoisotopic (exact) mass is 402 g/mol. The van der Waals surface area contributed by atoms with Crippen LogP contribution in [0.15, 0.2) is 47.4 Å². The lowest BCUT2D eigenvalue weighted by molar-refractivity contribution is 0.373. The Morgan fingerprint density at radius 2 is 2.15 bits per heavy atom. The summed E-state index contributed by atoms with van der Waals surface area (Å²) in [6.07, 6.45) is 3.24. The zero-order chi connectivity index (χ0) is 19.1. The lowest BCUT2D eigenvalue weighted by atomic mass is 10.2. The molecule has 2 aromatic carbocycles. The van der Waals surface area contributed by atoms with Gasteiger partial charge in [-0.3, -0.25) is 9.20 Å². The van der Waals surface area contributed by atoms with E-state index in [1.54, 1.807) is 36.5 Å². The van der Waals surface area contributed by atoms with Crippen LogP contribution < -0.4 is 14.8 Å². The van der Waals surface area contributed by atoms with Crippen LogP contribution in [0.2, 0.25) is 5.02 Å². The first-order chi connectivity index (χ1) is 13.0. The van der Waals surface area contributed by atoms with Crippen LogP contribution in [0.5, 0.6) is 11.5 Å². The Morgan fingerprint density at radius 3 is 2.85 bits per heavy atom. The van der Waals surface area contributed by atoms with Crippen molar-refractivity contribution in [2.75, 3.05) is 7.11 Å². The zero-order valence-corrected chi connectivity index (χ0v) is 15.5. The standard InChI is InChI=1S/C19H12ClFN2O3S/c1-26-15-6-10(5-13(20)17(15)24)7-16-18(25)23-9-14(22-19(23)27-16)11-3-2-4-12(21)8-11/h2-9,24H,1H3/b16-7-. The van der Waals surface area contributed by atoms with Gasteiger partial charge in [-0.25, -0.2) is 9.37 Å². The molecule has 0 bridgehead atoms. The Bertz CT molecular complexity index is 1280. The topological polar surface area (TPSA) is 63.8 Å². The molecule has 0 unspecified atom stereocenters.